The van der Waals surface area contributed by atoms with Gasteiger partial charge in [-0.3, -0.25) is 0 Å². The molecule has 3 heteroatoms. The van der Waals surface area contributed by atoms with E-state index in [9.17, 15) is 4.39 Å². The number of halogens is 1. The minimum atomic E-state index is -0.216. The first-order chi connectivity index (χ1) is 10.2. The van der Waals surface area contributed by atoms with Gasteiger partial charge in [0.2, 0.25) is 0 Å². The molecular formula is C18H21FN2. The largest absolute Gasteiger partial charge is 0.367 e. The summed E-state index contributed by atoms with van der Waals surface area (Å²) in [6.07, 6.45) is 1.12. The van der Waals surface area contributed by atoms with E-state index in [-0.39, 0.29) is 5.82 Å². The molecule has 0 saturated carbocycles. The maximum atomic E-state index is 13.3. The van der Waals surface area contributed by atoms with Crippen molar-refractivity contribution >= 4 is 5.69 Å². The van der Waals surface area contributed by atoms with Crippen LogP contribution in [-0.4, -0.2) is 6.54 Å². The number of benzene rings is 2. The van der Waals surface area contributed by atoms with E-state index in [0.29, 0.717) is 12.5 Å². The molecule has 0 fully saturated rings. The van der Waals surface area contributed by atoms with Gasteiger partial charge in [-0.1, -0.05) is 31.2 Å². The Bertz CT molecular complexity index is 639. The maximum Gasteiger partial charge on any atom is 0.123 e. The third-order valence-corrected chi connectivity index (χ3v) is 4.18. The first-order valence-electron chi connectivity index (χ1n) is 7.47. The number of hydrogen-bond acceptors (Lipinski definition) is 2. The number of fused-ring (bicyclic) bond motifs is 1. The normalized spacial score (nSPS) is 17.7. The Morgan fingerprint density at radius 1 is 1.19 bits per heavy atom. The summed E-state index contributed by atoms with van der Waals surface area (Å²) in [5.41, 5.74) is 10.5. The molecule has 2 nitrogen and oxygen atoms in total. The van der Waals surface area contributed by atoms with E-state index < -0.39 is 0 Å². The van der Waals surface area contributed by atoms with Gasteiger partial charge in [-0.05, 0) is 47.2 Å². The molecule has 21 heavy (non-hydrogen) atoms. The molecule has 1 aliphatic heterocycles. The molecule has 1 unspecified atom stereocenters. The summed E-state index contributed by atoms with van der Waals surface area (Å²) in [7, 11) is 0. The molecule has 2 aromatic rings. The first-order valence-corrected chi connectivity index (χ1v) is 7.47. The molecule has 0 amide bonds. The summed E-state index contributed by atoms with van der Waals surface area (Å²) in [5, 5.41) is 0. The predicted octanol–water partition coefficient (Wildman–Crippen LogP) is 3.48. The third kappa shape index (κ3) is 2.93. The molecule has 2 aromatic carbocycles. The molecule has 1 heterocycles. The third-order valence-electron chi connectivity index (χ3n) is 4.18. The number of rotatable bonds is 3. The molecule has 0 aliphatic carbocycles. The Balaban J connectivity index is 1.92. The highest BCUT2D eigenvalue weighted by atomic mass is 19.1. The summed E-state index contributed by atoms with van der Waals surface area (Å²) in [5.74, 6) is 0.410. The smallest absolute Gasteiger partial charge is 0.123 e. The minimum absolute atomic E-state index is 0.216. The van der Waals surface area contributed by atoms with Gasteiger partial charge in [-0.25, -0.2) is 4.39 Å². The van der Waals surface area contributed by atoms with Gasteiger partial charge in [-0.15, -0.1) is 0 Å². The lowest BCUT2D eigenvalue weighted by Crippen LogP contribution is -2.34. The Morgan fingerprint density at radius 3 is 2.81 bits per heavy atom. The molecule has 1 atom stereocenters. The van der Waals surface area contributed by atoms with Gasteiger partial charge in [0.15, 0.2) is 0 Å². The van der Waals surface area contributed by atoms with Crippen molar-refractivity contribution in [2.45, 2.75) is 26.4 Å². The van der Waals surface area contributed by atoms with Gasteiger partial charge < -0.3 is 10.6 Å². The summed E-state index contributed by atoms with van der Waals surface area (Å²) in [4.78, 5) is 2.38. The van der Waals surface area contributed by atoms with Crippen molar-refractivity contribution in [1.29, 1.82) is 0 Å². The second-order valence-corrected chi connectivity index (χ2v) is 5.94. The Labute approximate surface area is 125 Å². The second-order valence-electron chi connectivity index (χ2n) is 5.94. The molecule has 2 N–H and O–H groups in total. The zero-order valence-corrected chi connectivity index (χ0v) is 12.3. The first kappa shape index (κ1) is 14.1. The number of para-hydroxylation sites is 1. The number of nitrogens with zero attached hydrogens (tertiary/aromatic N) is 1. The standard InChI is InChI=1S/C18H21FN2/c1-13-8-14-4-2-3-5-18(14)21(11-13)12-15-6-7-17(19)9-16(15)10-20/h2-7,9,13H,8,10-12,20H2,1H3. The lowest BCUT2D eigenvalue weighted by Gasteiger charge is -2.35. The Hall–Kier alpha value is -1.87. The minimum Gasteiger partial charge on any atom is -0.367 e. The molecule has 3 rings (SSSR count). The van der Waals surface area contributed by atoms with Crippen LogP contribution in [0.5, 0.6) is 0 Å². The number of anilines is 1. The highest BCUT2D eigenvalue weighted by Gasteiger charge is 2.21. The molecule has 0 radical (unpaired) electrons. The van der Waals surface area contributed by atoms with E-state index in [1.807, 2.05) is 6.07 Å². The van der Waals surface area contributed by atoms with Crippen LogP contribution in [0.25, 0.3) is 0 Å². The van der Waals surface area contributed by atoms with Crippen molar-refractivity contribution in [2.24, 2.45) is 11.7 Å². The molecule has 0 bridgehead atoms. The fourth-order valence-electron chi connectivity index (χ4n) is 3.20. The summed E-state index contributed by atoms with van der Waals surface area (Å²) in [6.45, 7) is 4.46. The van der Waals surface area contributed by atoms with Gasteiger partial charge >= 0.3 is 0 Å². The van der Waals surface area contributed by atoms with Gasteiger partial charge in [0, 0.05) is 25.3 Å². The monoisotopic (exact) mass is 284 g/mol. The van der Waals surface area contributed by atoms with E-state index >= 15 is 0 Å². The van der Waals surface area contributed by atoms with Crippen LogP contribution in [0, 0.1) is 11.7 Å². The highest BCUT2D eigenvalue weighted by molar-refractivity contribution is 5.56. The van der Waals surface area contributed by atoms with Gasteiger partial charge in [0.05, 0.1) is 0 Å². The predicted molar refractivity (Wildman–Crippen MR) is 84.7 cm³/mol. The average Bonchev–Trinajstić information content (AvgIpc) is 2.48. The lowest BCUT2D eigenvalue weighted by molar-refractivity contribution is 0.529. The summed E-state index contributed by atoms with van der Waals surface area (Å²) < 4.78 is 13.3. The van der Waals surface area contributed by atoms with E-state index in [4.69, 9.17) is 5.73 Å². The fourth-order valence-corrected chi connectivity index (χ4v) is 3.20. The van der Waals surface area contributed by atoms with E-state index in [2.05, 4.69) is 36.1 Å². The van der Waals surface area contributed by atoms with E-state index in [0.717, 1.165) is 30.6 Å². The molecule has 1 aliphatic rings. The molecule has 110 valence electrons. The molecule has 0 spiro atoms. The van der Waals surface area contributed by atoms with Crippen LogP contribution in [0.4, 0.5) is 10.1 Å². The number of nitrogens with two attached hydrogens (primary N) is 1. The van der Waals surface area contributed by atoms with Gasteiger partial charge in [-0.2, -0.15) is 0 Å². The Kier molecular flexibility index (Phi) is 3.93. The van der Waals surface area contributed by atoms with Crippen molar-refractivity contribution < 1.29 is 4.39 Å². The van der Waals surface area contributed by atoms with Crippen LogP contribution >= 0.6 is 0 Å². The summed E-state index contributed by atoms with van der Waals surface area (Å²) >= 11 is 0. The average molecular weight is 284 g/mol. The van der Waals surface area contributed by atoms with Crippen LogP contribution < -0.4 is 10.6 Å². The van der Waals surface area contributed by atoms with Crippen LogP contribution in [0.3, 0.4) is 0 Å². The van der Waals surface area contributed by atoms with E-state index in [1.165, 1.54) is 17.3 Å². The van der Waals surface area contributed by atoms with E-state index in [1.54, 1.807) is 6.07 Å². The number of hydrogen-bond donors (Lipinski definition) is 1. The fraction of sp³-hybridized carbons (Fsp3) is 0.333. The quantitative estimate of drug-likeness (QED) is 0.935. The van der Waals surface area contributed by atoms with Crippen molar-refractivity contribution in [3.8, 4) is 0 Å². The molecule has 0 saturated heterocycles. The van der Waals surface area contributed by atoms with Crippen molar-refractivity contribution in [2.75, 3.05) is 11.4 Å². The topological polar surface area (TPSA) is 29.3 Å². The Morgan fingerprint density at radius 2 is 2.00 bits per heavy atom. The maximum absolute atomic E-state index is 13.3. The van der Waals surface area contributed by atoms with Crippen LogP contribution in [0.1, 0.15) is 23.6 Å². The highest BCUT2D eigenvalue weighted by Crippen LogP contribution is 2.31. The summed E-state index contributed by atoms with van der Waals surface area (Å²) in [6, 6.07) is 13.5. The van der Waals surface area contributed by atoms with Crippen LogP contribution in [-0.2, 0) is 19.5 Å². The van der Waals surface area contributed by atoms with Gasteiger partial charge in [0.25, 0.3) is 0 Å². The molecule has 0 aromatic heterocycles. The van der Waals surface area contributed by atoms with Crippen molar-refractivity contribution in [1.82, 2.24) is 0 Å². The van der Waals surface area contributed by atoms with Crippen molar-refractivity contribution in [3.05, 3.63) is 65.0 Å². The van der Waals surface area contributed by atoms with Crippen LogP contribution in [0.15, 0.2) is 42.5 Å². The molecular weight excluding hydrogens is 263 g/mol. The SMILES string of the molecule is CC1Cc2ccccc2N(Cc2ccc(F)cc2CN)C1. The van der Waals surface area contributed by atoms with Crippen LogP contribution in [0.2, 0.25) is 0 Å². The lowest BCUT2D eigenvalue weighted by atomic mass is 9.93. The second kappa shape index (κ2) is 5.86. The van der Waals surface area contributed by atoms with Crippen molar-refractivity contribution in [3.63, 3.8) is 0 Å². The zero-order valence-electron chi connectivity index (χ0n) is 12.3. The zero-order chi connectivity index (χ0) is 14.8. The van der Waals surface area contributed by atoms with Gasteiger partial charge in [0.1, 0.15) is 5.82 Å².